The summed E-state index contributed by atoms with van der Waals surface area (Å²) in [6.07, 6.45) is 0. The molecule has 7 nitrogen and oxygen atoms in total. The van der Waals surface area contributed by atoms with Crippen LogP contribution in [0.3, 0.4) is 0 Å². The summed E-state index contributed by atoms with van der Waals surface area (Å²) in [7, 11) is 0. The zero-order chi connectivity index (χ0) is 68.2. The molecule has 103 heavy (non-hydrogen) atoms. The van der Waals surface area contributed by atoms with Crippen LogP contribution in [0.1, 0.15) is 0 Å². The fourth-order valence-corrected chi connectivity index (χ4v) is 15.4. The van der Waals surface area contributed by atoms with Gasteiger partial charge in [-0.05, 0) is 210 Å². The molecule has 0 fully saturated rings. The van der Waals surface area contributed by atoms with Crippen molar-refractivity contribution >= 4 is 134 Å². The van der Waals surface area contributed by atoms with Crippen LogP contribution in [0, 0.1) is 0 Å². The predicted octanol–water partition coefficient (Wildman–Crippen LogP) is 27.0. The van der Waals surface area contributed by atoms with Crippen LogP contribution in [0.15, 0.2) is 405 Å². The molecule has 486 valence electrons. The molecule has 19 aromatic rings. The van der Waals surface area contributed by atoms with Crippen molar-refractivity contribution < 1.29 is 4.42 Å². The molecule has 0 saturated carbocycles. The van der Waals surface area contributed by atoms with E-state index >= 15 is 0 Å². The van der Waals surface area contributed by atoms with Crippen LogP contribution < -0.4 is 19.6 Å². The van der Waals surface area contributed by atoms with Crippen LogP contribution in [-0.2, 0) is 0 Å². The number of aromatic nitrogens is 2. The van der Waals surface area contributed by atoms with Gasteiger partial charge < -0.3 is 33.2 Å². The first-order valence-electron chi connectivity index (χ1n) is 35.1. The van der Waals surface area contributed by atoms with E-state index in [2.05, 4.69) is 429 Å². The van der Waals surface area contributed by atoms with Gasteiger partial charge in [-0.2, -0.15) is 0 Å². The summed E-state index contributed by atoms with van der Waals surface area (Å²) >= 11 is 0. The second kappa shape index (κ2) is 25.8. The number of nitrogens with zero attached hydrogens (tertiary/aromatic N) is 6. The number of rotatable bonds is 16. The number of para-hydroxylation sites is 7. The van der Waals surface area contributed by atoms with E-state index in [9.17, 15) is 0 Å². The lowest BCUT2D eigenvalue weighted by Gasteiger charge is -2.30. The Morgan fingerprint density at radius 3 is 0.893 bits per heavy atom. The Morgan fingerprint density at radius 2 is 0.485 bits per heavy atom. The van der Waals surface area contributed by atoms with Gasteiger partial charge in [0.25, 0.3) is 0 Å². The largest absolute Gasteiger partial charge is 0.455 e. The first-order chi connectivity index (χ1) is 51.1. The van der Waals surface area contributed by atoms with E-state index in [0.717, 1.165) is 145 Å². The van der Waals surface area contributed by atoms with Gasteiger partial charge in [0.1, 0.15) is 11.2 Å². The van der Waals surface area contributed by atoms with Crippen molar-refractivity contribution in [3.63, 3.8) is 0 Å². The minimum absolute atomic E-state index is 0.812. The van der Waals surface area contributed by atoms with E-state index in [1.165, 1.54) is 22.3 Å². The van der Waals surface area contributed by atoms with Gasteiger partial charge >= 0.3 is 0 Å². The quantitative estimate of drug-likeness (QED) is 0.0963. The third-order valence-corrected chi connectivity index (χ3v) is 20.0. The average Bonchev–Trinajstić information content (AvgIpc) is 1.54. The number of fused-ring (bicyclic) bond motifs is 11. The zero-order valence-corrected chi connectivity index (χ0v) is 56.2. The maximum atomic E-state index is 7.86. The molecule has 7 heteroatoms. The Kier molecular flexibility index (Phi) is 15.1. The fraction of sp³-hybridized carbons (Fsp3) is 0. The van der Waals surface area contributed by atoms with Crippen LogP contribution in [0.25, 0.3) is 99.2 Å². The first-order valence-corrected chi connectivity index (χ1v) is 35.1. The summed E-state index contributed by atoms with van der Waals surface area (Å²) in [6, 6.07) is 144. The lowest BCUT2D eigenvalue weighted by atomic mass is 10.0. The Balaban J connectivity index is 0.840. The maximum Gasteiger partial charge on any atom is 0.145 e. The minimum Gasteiger partial charge on any atom is -0.455 e. The third kappa shape index (κ3) is 10.7. The first kappa shape index (κ1) is 60.3. The molecule has 0 bridgehead atoms. The Morgan fingerprint density at radius 1 is 0.184 bits per heavy atom. The van der Waals surface area contributed by atoms with Crippen molar-refractivity contribution in [2.45, 2.75) is 0 Å². The summed E-state index contributed by atoms with van der Waals surface area (Å²) < 4.78 is 12.7. The van der Waals surface area contributed by atoms with Gasteiger partial charge in [0.05, 0.1) is 44.2 Å². The van der Waals surface area contributed by atoms with Crippen LogP contribution >= 0.6 is 0 Å². The molecule has 16 aromatic carbocycles. The molecule has 0 saturated heterocycles. The minimum atomic E-state index is 0.812. The molecule has 19 rings (SSSR count). The van der Waals surface area contributed by atoms with Crippen LogP contribution in [-0.4, -0.2) is 9.13 Å². The molecule has 0 atom stereocenters. The van der Waals surface area contributed by atoms with Gasteiger partial charge in [-0.1, -0.05) is 212 Å². The van der Waals surface area contributed by atoms with Gasteiger partial charge in [0.2, 0.25) is 0 Å². The molecule has 0 N–H and O–H groups in total. The Hall–Kier alpha value is -13.9. The normalized spacial score (nSPS) is 11.5. The van der Waals surface area contributed by atoms with Crippen molar-refractivity contribution in [2.75, 3.05) is 19.6 Å². The van der Waals surface area contributed by atoms with E-state index in [0.29, 0.717) is 0 Å². The van der Waals surface area contributed by atoms with Crippen molar-refractivity contribution in [1.29, 1.82) is 0 Å². The summed E-state index contributed by atoms with van der Waals surface area (Å²) in [5.41, 5.74) is 25.0. The lowest BCUT2D eigenvalue weighted by molar-refractivity contribution is 0.677. The van der Waals surface area contributed by atoms with Gasteiger partial charge in [-0.25, -0.2) is 0 Å². The van der Waals surface area contributed by atoms with Crippen LogP contribution in [0.5, 0.6) is 0 Å². The van der Waals surface area contributed by atoms with Crippen molar-refractivity contribution in [3.05, 3.63) is 400 Å². The molecule has 0 aliphatic heterocycles. The number of hydrogen-bond donors (Lipinski definition) is 0. The molecule has 0 spiro atoms. The number of hydrogen-bond acceptors (Lipinski definition) is 5. The van der Waals surface area contributed by atoms with E-state index < -0.39 is 0 Å². The van der Waals surface area contributed by atoms with E-state index in [-0.39, 0.29) is 0 Å². The molecular weight excluding hydrogens is 1250 g/mol. The number of furan rings is 1. The highest BCUT2D eigenvalue weighted by molar-refractivity contribution is 6.31. The van der Waals surface area contributed by atoms with Crippen molar-refractivity contribution in [2.24, 2.45) is 0 Å². The Bertz CT molecular complexity index is 6150. The number of benzene rings is 16. The highest BCUT2D eigenvalue weighted by Gasteiger charge is 2.29. The molecule has 3 aromatic heterocycles. The van der Waals surface area contributed by atoms with Gasteiger partial charge in [0, 0.05) is 89.8 Å². The second-order valence-corrected chi connectivity index (χ2v) is 26.0. The maximum absolute atomic E-state index is 7.86. The van der Waals surface area contributed by atoms with Crippen LogP contribution in [0.4, 0.5) is 68.2 Å². The molecule has 0 aliphatic carbocycles. The van der Waals surface area contributed by atoms with E-state index in [4.69, 9.17) is 4.42 Å². The summed E-state index contributed by atoms with van der Waals surface area (Å²) in [4.78, 5) is 9.47. The highest BCUT2D eigenvalue weighted by Crippen LogP contribution is 2.52. The molecule has 0 unspecified atom stereocenters. The van der Waals surface area contributed by atoms with Crippen molar-refractivity contribution in [1.82, 2.24) is 9.13 Å². The molecule has 0 aliphatic rings. The summed E-state index contributed by atoms with van der Waals surface area (Å²) in [5, 5.41) is 6.29. The molecule has 0 amide bonds. The monoisotopic (exact) mass is 1320 g/mol. The SMILES string of the molecule is c1ccc(-c2ccc(N(c3ccccc3)c3ccc(-n4c5ccccc5c5c6oc7c(ccc8c7c7c(N(c9ccccc9)c9ccccc9)cc(N(c9ccccc9)c9ccccc9)cc7n8-c7ccc(N(c8ccccc8)c8ccc(-c9ccccc9)cc8)cc7)c6ccc54)cc3)cc2)cc1. The Labute approximate surface area is 597 Å². The molecule has 0 radical (unpaired) electrons. The fourth-order valence-electron chi connectivity index (χ4n) is 15.4. The van der Waals surface area contributed by atoms with E-state index in [1.807, 2.05) is 0 Å². The van der Waals surface area contributed by atoms with Crippen molar-refractivity contribution in [3.8, 4) is 33.6 Å². The molecular formula is C96H66N6O. The van der Waals surface area contributed by atoms with Gasteiger partial charge in [-0.3, -0.25) is 0 Å². The van der Waals surface area contributed by atoms with E-state index in [1.54, 1.807) is 0 Å². The average molecular weight is 1320 g/mol. The summed E-state index contributed by atoms with van der Waals surface area (Å²) in [6.45, 7) is 0. The smallest absolute Gasteiger partial charge is 0.145 e. The summed E-state index contributed by atoms with van der Waals surface area (Å²) in [5.74, 6) is 0. The standard InChI is InChI=1S/C96H66N6O/c1-9-27-67(28-10-1)69-45-49-77(50-46-69)97(71-31-13-3-14-32-71)79-53-57-81(58-54-79)101-87-44-26-25-43-86(87)92-88(101)63-61-84-85-62-64-89-94(96(85)103-95(84)92)93-90(100(75-39-21-7-22-40-75)76-41-23-8-24-42-76)65-83(99(73-35-17-5-18-36-73)74-37-19-6-20-38-74)66-91(93)102(89)82-59-55-80(56-60-82)98(72-33-15-4-16-34-72)78-51-47-70(48-52-78)68-29-11-2-12-30-68/h1-66H. The topological polar surface area (TPSA) is 36.0 Å². The van der Waals surface area contributed by atoms with Gasteiger partial charge in [0.15, 0.2) is 0 Å². The molecule has 3 heterocycles. The highest BCUT2D eigenvalue weighted by atomic mass is 16.3. The van der Waals surface area contributed by atoms with Crippen LogP contribution in [0.2, 0.25) is 0 Å². The predicted molar refractivity (Wildman–Crippen MR) is 432 cm³/mol. The zero-order valence-electron chi connectivity index (χ0n) is 56.2. The lowest BCUT2D eigenvalue weighted by Crippen LogP contribution is -2.14. The number of anilines is 12. The van der Waals surface area contributed by atoms with Gasteiger partial charge in [-0.15, -0.1) is 0 Å². The second-order valence-electron chi connectivity index (χ2n) is 26.0. The third-order valence-electron chi connectivity index (χ3n) is 20.0.